The summed E-state index contributed by atoms with van der Waals surface area (Å²) in [6, 6.07) is 21.0. The molecule has 1 fully saturated rings. The largest absolute Gasteiger partial charge is 0.321 e. The molecule has 2 heteroatoms. The molecular formula is C15H16ClN. The molecule has 88 valence electrons. The molecule has 1 saturated carbocycles. The molecule has 0 spiro atoms. The number of hydrogen-bond acceptors (Lipinski definition) is 1. The van der Waals surface area contributed by atoms with Gasteiger partial charge in [-0.3, -0.25) is 0 Å². The van der Waals surface area contributed by atoms with Crippen LogP contribution in [0.15, 0.2) is 60.7 Å². The number of nitrogens with two attached hydrogens (primary N) is 1. The zero-order valence-electron chi connectivity index (χ0n) is 9.54. The van der Waals surface area contributed by atoms with Gasteiger partial charge in [-0.15, -0.1) is 12.4 Å². The van der Waals surface area contributed by atoms with Crippen molar-refractivity contribution < 1.29 is 0 Å². The van der Waals surface area contributed by atoms with Crippen LogP contribution < -0.4 is 5.73 Å². The molecule has 1 aliphatic rings. The van der Waals surface area contributed by atoms with Crippen LogP contribution in [0.3, 0.4) is 0 Å². The second-order valence-corrected chi connectivity index (χ2v) is 4.57. The first-order valence-corrected chi connectivity index (χ1v) is 5.70. The highest BCUT2D eigenvalue weighted by molar-refractivity contribution is 5.85. The van der Waals surface area contributed by atoms with E-state index in [-0.39, 0.29) is 17.9 Å². The van der Waals surface area contributed by atoms with Crippen LogP contribution in [-0.2, 0) is 5.54 Å². The molecule has 2 aromatic carbocycles. The minimum atomic E-state index is -0.136. The van der Waals surface area contributed by atoms with Gasteiger partial charge in [0.05, 0.1) is 0 Å². The first-order valence-electron chi connectivity index (χ1n) is 5.70. The Bertz CT molecular complexity index is 483. The van der Waals surface area contributed by atoms with E-state index in [1.54, 1.807) is 0 Å². The van der Waals surface area contributed by atoms with E-state index in [0.29, 0.717) is 5.92 Å². The van der Waals surface area contributed by atoms with E-state index in [1.807, 2.05) is 12.1 Å². The van der Waals surface area contributed by atoms with E-state index in [2.05, 4.69) is 48.5 Å². The molecular weight excluding hydrogens is 230 g/mol. The Kier molecular flexibility index (Phi) is 3.23. The van der Waals surface area contributed by atoms with Crippen LogP contribution in [-0.4, -0.2) is 0 Å². The van der Waals surface area contributed by atoms with Gasteiger partial charge in [0.25, 0.3) is 0 Å². The molecule has 0 unspecified atom stereocenters. The maximum atomic E-state index is 6.44. The molecule has 0 aliphatic heterocycles. The molecule has 2 atom stereocenters. The van der Waals surface area contributed by atoms with Crippen LogP contribution in [0.5, 0.6) is 0 Å². The molecule has 0 saturated heterocycles. The van der Waals surface area contributed by atoms with Crippen LogP contribution in [0.2, 0.25) is 0 Å². The normalized spacial score (nSPS) is 26.1. The third-order valence-electron chi connectivity index (χ3n) is 3.52. The molecule has 0 aromatic heterocycles. The third kappa shape index (κ3) is 2.08. The summed E-state index contributed by atoms with van der Waals surface area (Å²) in [6.45, 7) is 0. The van der Waals surface area contributed by atoms with Gasteiger partial charge >= 0.3 is 0 Å². The van der Waals surface area contributed by atoms with E-state index in [9.17, 15) is 0 Å². The summed E-state index contributed by atoms with van der Waals surface area (Å²) < 4.78 is 0. The lowest BCUT2D eigenvalue weighted by molar-refractivity contribution is 0.706. The van der Waals surface area contributed by atoms with Gasteiger partial charge in [-0.05, 0) is 17.5 Å². The molecule has 1 nitrogen and oxygen atoms in total. The lowest BCUT2D eigenvalue weighted by atomic mass is 10.00. The van der Waals surface area contributed by atoms with E-state index >= 15 is 0 Å². The second kappa shape index (κ2) is 4.52. The fraction of sp³-hybridized carbons (Fsp3) is 0.200. The van der Waals surface area contributed by atoms with Crippen molar-refractivity contribution in [2.24, 2.45) is 5.73 Å². The Labute approximate surface area is 108 Å². The highest BCUT2D eigenvalue weighted by atomic mass is 35.5. The first-order chi connectivity index (χ1) is 7.81. The average molecular weight is 246 g/mol. The van der Waals surface area contributed by atoms with Crippen LogP contribution in [0.4, 0.5) is 0 Å². The lowest BCUT2D eigenvalue weighted by Crippen LogP contribution is -2.21. The standard InChI is InChI=1S/C15H15N.ClH/c16-15(13-9-5-2-6-10-13)11-14(15)12-7-3-1-4-8-12;/h1-10,14H,11,16H2;1H/t14-,15-;/m1./s1. The average Bonchev–Trinajstić information content (AvgIpc) is 3.06. The van der Waals surface area contributed by atoms with Crippen molar-refractivity contribution in [2.45, 2.75) is 17.9 Å². The third-order valence-corrected chi connectivity index (χ3v) is 3.52. The van der Waals surface area contributed by atoms with Gasteiger partial charge in [0, 0.05) is 11.5 Å². The van der Waals surface area contributed by atoms with Crippen molar-refractivity contribution in [3.8, 4) is 0 Å². The zero-order chi connectivity index (χ0) is 11.0. The van der Waals surface area contributed by atoms with E-state index in [0.717, 1.165) is 6.42 Å². The summed E-state index contributed by atoms with van der Waals surface area (Å²) in [5.74, 6) is 0.482. The first kappa shape index (κ1) is 12.2. The van der Waals surface area contributed by atoms with Crippen molar-refractivity contribution >= 4 is 12.4 Å². The molecule has 0 heterocycles. The Morgan fingerprint density at radius 1 is 0.882 bits per heavy atom. The fourth-order valence-corrected chi connectivity index (χ4v) is 2.45. The number of hydrogen-bond donors (Lipinski definition) is 1. The molecule has 0 amide bonds. The van der Waals surface area contributed by atoms with Crippen LogP contribution in [0, 0.1) is 0 Å². The Morgan fingerprint density at radius 2 is 1.41 bits per heavy atom. The van der Waals surface area contributed by atoms with Gasteiger partial charge in [0.15, 0.2) is 0 Å². The smallest absolute Gasteiger partial charge is 0.0486 e. The number of halogens is 1. The van der Waals surface area contributed by atoms with Crippen LogP contribution in [0.1, 0.15) is 23.5 Å². The Balaban J connectivity index is 0.00000108. The number of rotatable bonds is 2. The SMILES string of the molecule is Cl.N[C@@]1(c2ccccc2)C[C@@H]1c1ccccc1. The monoisotopic (exact) mass is 245 g/mol. The van der Waals surface area contributed by atoms with Crippen molar-refractivity contribution in [2.75, 3.05) is 0 Å². The van der Waals surface area contributed by atoms with E-state index in [1.165, 1.54) is 11.1 Å². The molecule has 2 aromatic rings. The Morgan fingerprint density at radius 3 is 2.00 bits per heavy atom. The molecule has 0 bridgehead atoms. The summed E-state index contributed by atoms with van der Waals surface area (Å²) in [5.41, 5.74) is 8.92. The Hall–Kier alpha value is -1.31. The van der Waals surface area contributed by atoms with Gasteiger partial charge < -0.3 is 5.73 Å². The summed E-state index contributed by atoms with van der Waals surface area (Å²) >= 11 is 0. The lowest BCUT2D eigenvalue weighted by Gasteiger charge is -2.11. The van der Waals surface area contributed by atoms with Gasteiger partial charge in [-0.1, -0.05) is 60.7 Å². The highest BCUT2D eigenvalue weighted by Crippen LogP contribution is 2.56. The summed E-state index contributed by atoms with van der Waals surface area (Å²) in [5, 5.41) is 0. The zero-order valence-corrected chi connectivity index (χ0v) is 10.4. The molecule has 0 radical (unpaired) electrons. The summed E-state index contributed by atoms with van der Waals surface area (Å²) in [6.07, 6.45) is 1.06. The van der Waals surface area contributed by atoms with Crippen molar-refractivity contribution in [3.05, 3.63) is 71.8 Å². The fourth-order valence-electron chi connectivity index (χ4n) is 2.45. The maximum absolute atomic E-state index is 6.44. The quantitative estimate of drug-likeness (QED) is 0.862. The second-order valence-electron chi connectivity index (χ2n) is 4.57. The maximum Gasteiger partial charge on any atom is 0.0486 e. The molecule has 17 heavy (non-hydrogen) atoms. The summed E-state index contributed by atoms with van der Waals surface area (Å²) in [4.78, 5) is 0. The predicted molar refractivity (Wildman–Crippen MR) is 73.4 cm³/mol. The minimum Gasteiger partial charge on any atom is -0.321 e. The van der Waals surface area contributed by atoms with Crippen molar-refractivity contribution in [3.63, 3.8) is 0 Å². The van der Waals surface area contributed by atoms with E-state index < -0.39 is 0 Å². The van der Waals surface area contributed by atoms with Gasteiger partial charge in [0.2, 0.25) is 0 Å². The predicted octanol–water partition coefficient (Wildman–Crippen LogP) is 3.45. The van der Waals surface area contributed by atoms with E-state index in [4.69, 9.17) is 5.73 Å². The van der Waals surface area contributed by atoms with Crippen molar-refractivity contribution in [1.29, 1.82) is 0 Å². The molecule has 1 aliphatic carbocycles. The van der Waals surface area contributed by atoms with Crippen molar-refractivity contribution in [1.82, 2.24) is 0 Å². The van der Waals surface area contributed by atoms with Crippen LogP contribution >= 0.6 is 12.4 Å². The minimum absolute atomic E-state index is 0. The van der Waals surface area contributed by atoms with Gasteiger partial charge in [-0.2, -0.15) is 0 Å². The number of benzene rings is 2. The summed E-state index contributed by atoms with van der Waals surface area (Å²) in [7, 11) is 0. The van der Waals surface area contributed by atoms with Gasteiger partial charge in [-0.25, -0.2) is 0 Å². The highest BCUT2D eigenvalue weighted by Gasteiger charge is 2.52. The van der Waals surface area contributed by atoms with Crippen LogP contribution in [0.25, 0.3) is 0 Å². The van der Waals surface area contributed by atoms with Gasteiger partial charge in [0.1, 0.15) is 0 Å². The topological polar surface area (TPSA) is 26.0 Å². The molecule has 2 N–H and O–H groups in total. The molecule has 3 rings (SSSR count).